The number of carbonyl (C=O) groups excluding carboxylic acids is 1. The Balaban J connectivity index is 2.85. The maximum absolute atomic E-state index is 10.8. The van der Waals surface area contributed by atoms with Gasteiger partial charge in [-0.25, -0.2) is 5.06 Å². The molecule has 6 nitrogen and oxygen atoms in total. The van der Waals surface area contributed by atoms with E-state index in [2.05, 4.69) is 14.7 Å². The SMILES string of the molecule is Cc1noc(C(=O)N(C)O)n1. The molecule has 1 N–H and O–H groups in total. The van der Waals surface area contributed by atoms with Crippen molar-refractivity contribution in [3.63, 3.8) is 0 Å². The Bertz CT molecular complexity index is 268. The quantitative estimate of drug-likeness (QED) is 0.452. The van der Waals surface area contributed by atoms with Crippen LogP contribution in [0.5, 0.6) is 0 Å². The van der Waals surface area contributed by atoms with Crippen molar-refractivity contribution in [1.82, 2.24) is 15.2 Å². The van der Waals surface area contributed by atoms with E-state index in [1.54, 1.807) is 6.92 Å². The highest BCUT2D eigenvalue weighted by molar-refractivity contribution is 5.88. The van der Waals surface area contributed by atoms with Gasteiger partial charge in [0.2, 0.25) is 0 Å². The second-order valence-electron chi connectivity index (χ2n) is 1.98. The highest BCUT2D eigenvalue weighted by atomic mass is 16.5. The number of aromatic nitrogens is 2. The summed E-state index contributed by atoms with van der Waals surface area (Å²) in [6.07, 6.45) is 0. The molecule has 0 saturated carbocycles. The summed E-state index contributed by atoms with van der Waals surface area (Å²) in [7, 11) is 1.18. The average molecular weight is 157 g/mol. The van der Waals surface area contributed by atoms with Crippen LogP contribution >= 0.6 is 0 Å². The van der Waals surface area contributed by atoms with Gasteiger partial charge in [-0.15, -0.1) is 0 Å². The molecule has 0 unspecified atom stereocenters. The van der Waals surface area contributed by atoms with Gasteiger partial charge in [0, 0.05) is 7.05 Å². The number of carbonyl (C=O) groups is 1. The van der Waals surface area contributed by atoms with Crippen molar-refractivity contribution < 1.29 is 14.5 Å². The van der Waals surface area contributed by atoms with E-state index in [9.17, 15) is 4.79 Å². The van der Waals surface area contributed by atoms with Crippen molar-refractivity contribution in [2.24, 2.45) is 0 Å². The fourth-order valence-electron chi connectivity index (χ4n) is 0.522. The molecule has 1 heterocycles. The highest BCUT2D eigenvalue weighted by Crippen LogP contribution is 1.97. The monoisotopic (exact) mass is 157 g/mol. The predicted octanol–water partition coefficient (Wildman–Crippen LogP) is -0.161. The standard InChI is InChI=1S/C5H7N3O3/c1-3-6-4(11-7-3)5(9)8(2)10/h10H,1-2H3. The molecular weight excluding hydrogens is 150 g/mol. The number of rotatable bonds is 1. The number of hydroxylamine groups is 2. The molecule has 0 aromatic carbocycles. The minimum absolute atomic E-state index is 0.215. The molecule has 0 bridgehead atoms. The van der Waals surface area contributed by atoms with Crippen LogP contribution in [0, 0.1) is 6.92 Å². The highest BCUT2D eigenvalue weighted by Gasteiger charge is 2.16. The van der Waals surface area contributed by atoms with E-state index in [-0.39, 0.29) is 5.89 Å². The zero-order valence-electron chi connectivity index (χ0n) is 6.11. The van der Waals surface area contributed by atoms with E-state index in [1.165, 1.54) is 7.05 Å². The first-order valence-corrected chi connectivity index (χ1v) is 2.88. The maximum Gasteiger partial charge on any atom is 0.335 e. The van der Waals surface area contributed by atoms with E-state index >= 15 is 0 Å². The van der Waals surface area contributed by atoms with Gasteiger partial charge in [0.15, 0.2) is 5.82 Å². The summed E-state index contributed by atoms with van der Waals surface area (Å²) in [5.41, 5.74) is 0. The van der Waals surface area contributed by atoms with E-state index in [4.69, 9.17) is 5.21 Å². The number of nitrogens with zero attached hydrogens (tertiary/aromatic N) is 3. The summed E-state index contributed by atoms with van der Waals surface area (Å²) >= 11 is 0. The lowest BCUT2D eigenvalue weighted by molar-refractivity contribution is -0.0407. The lowest BCUT2D eigenvalue weighted by Gasteiger charge is -2.01. The number of amides is 1. The van der Waals surface area contributed by atoms with E-state index < -0.39 is 5.91 Å². The molecule has 0 spiro atoms. The van der Waals surface area contributed by atoms with Gasteiger partial charge in [-0.1, -0.05) is 5.16 Å². The van der Waals surface area contributed by atoms with E-state index in [1.807, 2.05) is 0 Å². The van der Waals surface area contributed by atoms with Crippen molar-refractivity contribution in [2.45, 2.75) is 6.92 Å². The molecule has 11 heavy (non-hydrogen) atoms. The van der Waals surface area contributed by atoms with Gasteiger partial charge in [-0.05, 0) is 6.92 Å². The van der Waals surface area contributed by atoms with Crippen LogP contribution in [0.1, 0.15) is 16.5 Å². The van der Waals surface area contributed by atoms with Crippen LogP contribution in [0.15, 0.2) is 4.52 Å². The van der Waals surface area contributed by atoms with Gasteiger partial charge in [0.05, 0.1) is 0 Å². The Kier molecular flexibility index (Phi) is 1.86. The first kappa shape index (κ1) is 7.67. The summed E-state index contributed by atoms with van der Waals surface area (Å²) in [6.45, 7) is 1.58. The van der Waals surface area contributed by atoms with Crippen LogP contribution < -0.4 is 0 Å². The lowest BCUT2D eigenvalue weighted by atomic mass is 10.6. The molecule has 0 radical (unpaired) electrons. The summed E-state index contributed by atoms with van der Waals surface area (Å²) in [5.74, 6) is -0.576. The van der Waals surface area contributed by atoms with E-state index in [0.29, 0.717) is 10.9 Å². The Hall–Kier alpha value is -1.43. The van der Waals surface area contributed by atoms with E-state index in [0.717, 1.165) is 0 Å². The van der Waals surface area contributed by atoms with Gasteiger partial charge < -0.3 is 4.52 Å². The van der Waals surface area contributed by atoms with Crippen LogP contribution in [0.25, 0.3) is 0 Å². The molecule has 0 aliphatic heterocycles. The molecule has 1 rings (SSSR count). The molecular formula is C5H7N3O3. The number of hydrogen-bond donors (Lipinski definition) is 1. The minimum Gasteiger partial charge on any atom is -0.328 e. The molecule has 0 fully saturated rings. The first-order chi connectivity index (χ1) is 5.11. The predicted molar refractivity (Wildman–Crippen MR) is 32.9 cm³/mol. The van der Waals surface area contributed by atoms with Crippen LogP contribution in [-0.4, -0.2) is 33.4 Å². The van der Waals surface area contributed by atoms with Crippen LogP contribution in [0.4, 0.5) is 0 Å². The first-order valence-electron chi connectivity index (χ1n) is 2.88. The summed E-state index contributed by atoms with van der Waals surface area (Å²) in [4.78, 5) is 14.4. The van der Waals surface area contributed by atoms with Crippen LogP contribution in [0.2, 0.25) is 0 Å². The van der Waals surface area contributed by atoms with Crippen LogP contribution in [0.3, 0.4) is 0 Å². The van der Waals surface area contributed by atoms with Crippen LogP contribution in [-0.2, 0) is 0 Å². The third kappa shape index (κ3) is 1.53. The zero-order chi connectivity index (χ0) is 8.43. The largest absolute Gasteiger partial charge is 0.335 e. The summed E-state index contributed by atoms with van der Waals surface area (Å²) in [5, 5.41) is 12.4. The normalized spacial score (nSPS) is 9.73. The Labute approximate surface area is 62.4 Å². The van der Waals surface area contributed by atoms with Gasteiger partial charge in [-0.3, -0.25) is 10.0 Å². The number of hydrogen-bond acceptors (Lipinski definition) is 5. The Morgan fingerprint density at radius 2 is 2.36 bits per heavy atom. The van der Waals surface area contributed by atoms with Gasteiger partial charge in [-0.2, -0.15) is 4.98 Å². The fourth-order valence-corrected chi connectivity index (χ4v) is 0.522. The maximum atomic E-state index is 10.8. The van der Waals surface area contributed by atoms with Gasteiger partial charge in [0.25, 0.3) is 0 Å². The second kappa shape index (κ2) is 2.67. The van der Waals surface area contributed by atoms with Gasteiger partial charge in [0.1, 0.15) is 0 Å². The fraction of sp³-hybridized carbons (Fsp3) is 0.400. The minimum atomic E-state index is -0.717. The second-order valence-corrected chi connectivity index (χ2v) is 1.98. The molecule has 1 aromatic rings. The van der Waals surface area contributed by atoms with Crippen molar-refractivity contribution >= 4 is 5.91 Å². The lowest BCUT2D eigenvalue weighted by Crippen LogP contribution is -2.22. The molecule has 0 aliphatic rings. The number of aryl methyl sites for hydroxylation is 1. The average Bonchev–Trinajstić information content (AvgIpc) is 2.34. The van der Waals surface area contributed by atoms with Crippen molar-refractivity contribution in [3.05, 3.63) is 11.7 Å². The molecule has 6 heteroatoms. The molecule has 60 valence electrons. The third-order valence-electron chi connectivity index (χ3n) is 1.00. The Morgan fingerprint density at radius 3 is 2.73 bits per heavy atom. The molecule has 0 aliphatic carbocycles. The topological polar surface area (TPSA) is 79.5 Å². The molecule has 0 saturated heterocycles. The Morgan fingerprint density at radius 1 is 1.73 bits per heavy atom. The van der Waals surface area contributed by atoms with Crippen molar-refractivity contribution in [3.8, 4) is 0 Å². The summed E-state index contributed by atoms with van der Waals surface area (Å²) < 4.78 is 4.48. The van der Waals surface area contributed by atoms with Crippen molar-refractivity contribution in [2.75, 3.05) is 7.05 Å². The summed E-state index contributed by atoms with van der Waals surface area (Å²) in [6, 6.07) is 0. The smallest absolute Gasteiger partial charge is 0.328 e. The van der Waals surface area contributed by atoms with Gasteiger partial charge >= 0.3 is 11.8 Å². The molecule has 0 atom stereocenters. The molecule has 1 aromatic heterocycles. The third-order valence-corrected chi connectivity index (χ3v) is 1.00. The van der Waals surface area contributed by atoms with Crippen molar-refractivity contribution in [1.29, 1.82) is 0 Å². The zero-order valence-corrected chi connectivity index (χ0v) is 6.11. The molecule has 1 amide bonds.